The summed E-state index contributed by atoms with van der Waals surface area (Å²) in [5.41, 5.74) is 13.5. The molecule has 4 aromatic heterocycles. The summed E-state index contributed by atoms with van der Waals surface area (Å²) in [5, 5.41) is 4.55. The number of hydrogen-bond acceptors (Lipinski definition) is 4. The molecule has 0 spiro atoms. The zero-order chi connectivity index (χ0) is 41.0. The number of benzene rings is 8. The first kappa shape index (κ1) is 35.5. The SMILES string of the molecule is c1ccc(-c2cccc(-c3nc(-c4ccccc4)nc(-n4c5ccccc5c5cc6c(cc54)c4ccccc4n6-c4ccc(-c5cccc(-c6ccccc6)n5)cc4)n3)c2)cc1. The number of fused-ring (bicyclic) bond motifs is 6. The first-order valence-corrected chi connectivity index (χ1v) is 20.8. The highest BCUT2D eigenvalue weighted by molar-refractivity contribution is 6.19. The van der Waals surface area contributed by atoms with Gasteiger partial charge in [0.2, 0.25) is 5.95 Å². The Labute approximate surface area is 357 Å². The van der Waals surface area contributed by atoms with Crippen molar-refractivity contribution < 1.29 is 0 Å². The van der Waals surface area contributed by atoms with Crippen LogP contribution in [0.15, 0.2) is 218 Å². The van der Waals surface area contributed by atoms with Crippen LogP contribution in [-0.4, -0.2) is 29.1 Å². The van der Waals surface area contributed by atoms with Crippen LogP contribution in [0.3, 0.4) is 0 Å². The molecule has 0 radical (unpaired) electrons. The molecule has 0 bridgehead atoms. The molecule has 0 amide bonds. The lowest BCUT2D eigenvalue weighted by atomic mass is 10.0. The van der Waals surface area contributed by atoms with Crippen LogP contribution >= 0.6 is 0 Å². The second-order valence-corrected chi connectivity index (χ2v) is 15.5. The van der Waals surface area contributed by atoms with Gasteiger partial charge in [-0.05, 0) is 65.7 Å². The highest BCUT2D eigenvalue weighted by Gasteiger charge is 2.21. The summed E-state index contributed by atoms with van der Waals surface area (Å²) in [6.45, 7) is 0. The van der Waals surface area contributed by atoms with Crippen molar-refractivity contribution in [3.63, 3.8) is 0 Å². The Kier molecular flexibility index (Phi) is 8.38. The van der Waals surface area contributed by atoms with E-state index in [1.54, 1.807) is 0 Å². The van der Waals surface area contributed by atoms with Crippen LogP contribution in [0, 0.1) is 0 Å². The maximum Gasteiger partial charge on any atom is 0.238 e. The summed E-state index contributed by atoms with van der Waals surface area (Å²) in [7, 11) is 0. The van der Waals surface area contributed by atoms with Gasteiger partial charge in [0.1, 0.15) is 0 Å². The molecule has 62 heavy (non-hydrogen) atoms. The fourth-order valence-electron chi connectivity index (χ4n) is 8.85. The second kappa shape index (κ2) is 14.7. The van der Waals surface area contributed by atoms with Gasteiger partial charge in [0, 0.05) is 49.5 Å². The highest BCUT2D eigenvalue weighted by atomic mass is 15.2. The zero-order valence-electron chi connectivity index (χ0n) is 33.5. The lowest BCUT2D eigenvalue weighted by Gasteiger charge is -2.12. The molecular weight excluding hydrogens is 757 g/mol. The topological polar surface area (TPSA) is 61.4 Å². The van der Waals surface area contributed by atoms with Crippen LogP contribution < -0.4 is 0 Å². The Morgan fingerprint density at radius 1 is 0.258 bits per heavy atom. The Bertz CT molecular complexity index is 3610. The molecule has 0 saturated carbocycles. The maximum atomic E-state index is 5.29. The Morgan fingerprint density at radius 2 is 0.726 bits per heavy atom. The monoisotopic (exact) mass is 792 g/mol. The highest BCUT2D eigenvalue weighted by Crippen LogP contribution is 2.40. The molecule has 290 valence electrons. The maximum absolute atomic E-state index is 5.29. The number of nitrogens with zero attached hydrogens (tertiary/aromatic N) is 6. The van der Waals surface area contributed by atoms with E-state index in [-0.39, 0.29) is 0 Å². The summed E-state index contributed by atoms with van der Waals surface area (Å²) in [4.78, 5) is 20.7. The third kappa shape index (κ3) is 6.04. The van der Waals surface area contributed by atoms with Crippen molar-refractivity contribution >= 4 is 43.6 Å². The van der Waals surface area contributed by atoms with Crippen LogP contribution in [0.25, 0.3) is 112 Å². The summed E-state index contributed by atoms with van der Waals surface area (Å²) >= 11 is 0. The lowest BCUT2D eigenvalue weighted by Crippen LogP contribution is -2.06. The number of hydrogen-bond donors (Lipinski definition) is 0. The van der Waals surface area contributed by atoms with Crippen molar-refractivity contribution in [2.45, 2.75) is 0 Å². The van der Waals surface area contributed by atoms with Crippen molar-refractivity contribution in [2.75, 3.05) is 0 Å². The van der Waals surface area contributed by atoms with Crippen LogP contribution in [0.4, 0.5) is 0 Å². The Hall–Kier alpha value is -8.48. The molecule has 0 aliphatic carbocycles. The number of para-hydroxylation sites is 2. The summed E-state index contributed by atoms with van der Waals surface area (Å²) < 4.78 is 4.59. The van der Waals surface area contributed by atoms with Crippen molar-refractivity contribution in [2.24, 2.45) is 0 Å². The first-order chi connectivity index (χ1) is 30.7. The summed E-state index contributed by atoms with van der Waals surface area (Å²) in [6.07, 6.45) is 0. The molecule has 0 atom stereocenters. The van der Waals surface area contributed by atoms with E-state index < -0.39 is 0 Å². The minimum absolute atomic E-state index is 0.564. The van der Waals surface area contributed by atoms with Crippen LogP contribution in [0.5, 0.6) is 0 Å². The fraction of sp³-hybridized carbons (Fsp3) is 0. The van der Waals surface area contributed by atoms with E-state index >= 15 is 0 Å². The third-order valence-electron chi connectivity index (χ3n) is 11.8. The van der Waals surface area contributed by atoms with Crippen molar-refractivity contribution in [3.05, 3.63) is 218 Å². The van der Waals surface area contributed by atoms with Gasteiger partial charge in [0.05, 0.1) is 33.5 Å². The fourth-order valence-corrected chi connectivity index (χ4v) is 8.85. The van der Waals surface area contributed by atoms with Gasteiger partial charge in [0.15, 0.2) is 11.6 Å². The van der Waals surface area contributed by atoms with Gasteiger partial charge >= 0.3 is 0 Å². The molecule has 0 aliphatic heterocycles. The predicted octanol–water partition coefficient (Wildman–Crippen LogP) is 13.8. The van der Waals surface area contributed by atoms with Crippen LogP contribution in [0.1, 0.15) is 0 Å². The second-order valence-electron chi connectivity index (χ2n) is 15.5. The molecule has 0 saturated heterocycles. The van der Waals surface area contributed by atoms with Crippen LogP contribution in [0.2, 0.25) is 0 Å². The molecule has 6 nitrogen and oxygen atoms in total. The molecular formula is C56H36N6. The van der Waals surface area contributed by atoms with E-state index in [9.17, 15) is 0 Å². The van der Waals surface area contributed by atoms with E-state index in [4.69, 9.17) is 19.9 Å². The Morgan fingerprint density at radius 3 is 1.37 bits per heavy atom. The molecule has 0 aliphatic rings. The molecule has 12 rings (SSSR count). The van der Waals surface area contributed by atoms with Gasteiger partial charge in [0.25, 0.3) is 0 Å². The molecule has 8 aromatic carbocycles. The quantitative estimate of drug-likeness (QED) is 0.161. The van der Waals surface area contributed by atoms with Gasteiger partial charge in [-0.15, -0.1) is 0 Å². The average molecular weight is 793 g/mol. The molecule has 0 N–H and O–H groups in total. The van der Waals surface area contributed by atoms with Gasteiger partial charge in [-0.25, -0.2) is 9.97 Å². The van der Waals surface area contributed by atoms with E-state index in [1.165, 1.54) is 5.39 Å². The van der Waals surface area contributed by atoms with E-state index in [2.05, 4.69) is 185 Å². The van der Waals surface area contributed by atoms with Gasteiger partial charge in [-0.3, -0.25) is 4.57 Å². The van der Waals surface area contributed by atoms with Gasteiger partial charge in [-0.1, -0.05) is 164 Å². The number of aromatic nitrogens is 6. The van der Waals surface area contributed by atoms with Crippen molar-refractivity contribution in [3.8, 4) is 68.1 Å². The largest absolute Gasteiger partial charge is 0.309 e. The Balaban J connectivity index is 1.04. The molecule has 6 heteroatoms. The molecule has 4 heterocycles. The smallest absolute Gasteiger partial charge is 0.238 e. The zero-order valence-corrected chi connectivity index (χ0v) is 33.5. The minimum Gasteiger partial charge on any atom is -0.309 e. The normalized spacial score (nSPS) is 11.5. The van der Waals surface area contributed by atoms with E-state index in [0.717, 1.165) is 88.7 Å². The standard InChI is InChI=1S/C56H36N6/c1-4-16-37(17-5-1)41-22-14-23-42(34-41)55-58-54(40-20-8-3-9-21-40)59-56(60-55)62-51-29-13-11-25-45(51)47-35-52-46(36-53(47)62)44-24-10-12-28-50(44)61(52)43-32-30-39(31-33-43)49-27-15-26-48(57-49)38-18-6-2-7-19-38/h1-36H. The van der Waals surface area contributed by atoms with E-state index in [1.807, 2.05) is 42.5 Å². The van der Waals surface area contributed by atoms with Crippen LogP contribution in [-0.2, 0) is 0 Å². The summed E-state index contributed by atoms with van der Waals surface area (Å²) in [5.74, 6) is 1.79. The number of pyridine rings is 1. The first-order valence-electron chi connectivity index (χ1n) is 20.8. The number of rotatable bonds is 7. The van der Waals surface area contributed by atoms with Crippen molar-refractivity contribution in [1.82, 2.24) is 29.1 Å². The predicted molar refractivity (Wildman–Crippen MR) is 253 cm³/mol. The molecule has 0 fully saturated rings. The lowest BCUT2D eigenvalue weighted by molar-refractivity contribution is 0.954. The average Bonchev–Trinajstić information content (AvgIpc) is 3.86. The van der Waals surface area contributed by atoms with E-state index in [0.29, 0.717) is 17.6 Å². The molecule has 0 unspecified atom stereocenters. The molecule has 12 aromatic rings. The van der Waals surface area contributed by atoms with Gasteiger partial charge < -0.3 is 4.57 Å². The third-order valence-corrected chi connectivity index (χ3v) is 11.8. The minimum atomic E-state index is 0.564. The summed E-state index contributed by atoms with van der Waals surface area (Å²) in [6, 6.07) is 76.2. The van der Waals surface area contributed by atoms with Crippen molar-refractivity contribution in [1.29, 1.82) is 0 Å². The van der Waals surface area contributed by atoms with Gasteiger partial charge in [-0.2, -0.15) is 9.97 Å².